The molecule has 0 unspecified atom stereocenters. The molecule has 0 heterocycles. The second kappa shape index (κ2) is 5.53. The summed E-state index contributed by atoms with van der Waals surface area (Å²) in [6, 6.07) is 9.89. The van der Waals surface area contributed by atoms with Crippen LogP contribution in [0.4, 0.5) is 5.69 Å². The lowest BCUT2D eigenvalue weighted by Gasteiger charge is -2.26. The van der Waals surface area contributed by atoms with Gasteiger partial charge in [0.15, 0.2) is 0 Å². The van der Waals surface area contributed by atoms with Crippen molar-refractivity contribution in [2.75, 3.05) is 5.32 Å². The molecule has 0 amide bonds. The number of rotatable bonds is 5. The minimum absolute atomic E-state index is 0.169. The summed E-state index contributed by atoms with van der Waals surface area (Å²) < 4.78 is 0. The summed E-state index contributed by atoms with van der Waals surface area (Å²) in [6.07, 6.45) is 2.41. The second-order valence-electron chi connectivity index (χ2n) is 4.77. The quantitative estimate of drug-likeness (QED) is 0.767. The summed E-state index contributed by atoms with van der Waals surface area (Å²) in [7, 11) is 0. The highest BCUT2D eigenvalue weighted by Crippen LogP contribution is 2.18. The Morgan fingerprint density at radius 1 is 1.35 bits per heavy atom. The number of anilines is 1. The molecule has 1 aromatic carbocycles. The molecular weight excluding hydrogens is 214 g/mol. The van der Waals surface area contributed by atoms with Crippen LogP contribution in [0.5, 0.6) is 0 Å². The lowest BCUT2D eigenvalue weighted by Crippen LogP contribution is -2.30. The van der Waals surface area contributed by atoms with Gasteiger partial charge in [-0.3, -0.25) is 0 Å². The molecule has 0 spiro atoms. The highest BCUT2D eigenvalue weighted by molar-refractivity contribution is 5.85. The van der Waals surface area contributed by atoms with E-state index >= 15 is 0 Å². The maximum atomic E-state index is 10.7. The average molecular weight is 233 g/mol. The molecule has 92 valence electrons. The molecule has 0 radical (unpaired) electrons. The zero-order valence-electron chi connectivity index (χ0n) is 10.5. The topological polar surface area (TPSA) is 49.3 Å². The van der Waals surface area contributed by atoms with Crippen molar-refractivity contribution in [2.24, 2.45) is 0 Å². The van der Waals surface area contributed by atoms with Gasteiger partial charge < -0.3 is 10.4 Å². The molecule has 0 bridgehead atoms. The zero-order chi connectivity index (χ0) is 12.9. The molecule has 0 aliphatic heterocycles. The molecule has 0 fully saturated rings. The summed E-state index contributed by atoms with van der Waals surface area (Å²) >= 11 is 0. The molecule has 3 nitrogen and oxygen atoms in total. The number of carbonyl (C=O) groups is 1. The molecule has 0 saturated carbocycles. The third-order valence-corrected chi connectivity index (χ3v) is 2.51. The summed E-state index contributed by atoms with van der Waals surface area (Å²) in [5.41, 5.74) is 1.25. The number of carboxylic acid groups (broad SMARTS) is 1. The Morgan fingerprint density at radius 3 is 2.47 bits per heavy atom. The Hall–Kier alpha value is -1.77. The summed E-state index contributed by atoms with van der Waals surface area (Å²) in [5, 5.41) is 12.2. The molecule has 3 heteroatoms. The molecule has 1 rings (SSSR count). The maximum absolute atomic E-state index is 10.7. The Morgan fingerprint density at radius 2 is 1.94 bits per heavy atom. The van der Waals surface area contributed by atoms with Crippen LogP contribution in [0, 0.1) is 0 Å². The standard InChI is InChI=1S/C14H19NO2/c1-11(13(16)17)9-10-14(2,3)15-12-7-5-4-6-8-12/h4-9,15H,10H2,1-3H3,(H,16,17). The predicted molar refractivity (Wildman–Crippen MR) is 70.2 cm³/mol. The SMILES string of the molecule is CC(=CCC(C)(C)Nc1ccccc1)C(=O)O. The first-order valence-electron chi connectivity index (χ1n) is 5.64. The van der Waals surface area contributed by atoms with Gasteiger partial charge in [-0.25, -0.2) is 4.79 Å². The third-order valence-electron chi connectivity index (χ3n) is 2.51. The van der Waals surface area contributed by atoms with Crippen LogP contribution in [0.1, 0.15) is 27.2 Å². The van der Waals surface area contributed by atoms with Gasteiger partial charge in [0.2, 0.25) is 0 Å². The Kier molecular flexibility index (Phi) is 4.32. The largest absolute Gasteiger partial charge is 0.478 e. The van der Waals surface area contributed by atoms with Crippen LogP contribution in [0.25, 0.3) is 0 Å². The van der Waals surface area contributed by atoms with Crippen molar-refractivity contribution in [1.82, 2.24) is 0 Å². The number of carboxylic acids is 1. The lowest BCUT2D eigenvalue weighted by atomic mass is 9.98. The van der Waals surface area contributed by atoms with E-state index in [0.717, 1.165) is 5.69 Å². The van der Waals surface area contributed by atoms with Crippen LogP contribution in [-0.2, 0) is 4.79 Å². The van der Waals surface area contributed by atoms with Gasteiger partial charge in [0.1, 0.15) is 0 Å². The van der Waals surface area contributed by atoms with Crippen LogP contribution >= 0.6 is 0 Å². The van der Waals surface area contributed by atoms with Gasteiger partial charge in [-0.15, -0.1) is 0 Å². The Labute approximate surface area is 102 Å². The Balaban J connectivity index is 2.64. The fourth-order valence-corrected chi connectivity index (χ4v) is 1.46. The van der Waals surface area contributed by atoms with E-state index in [1.165, 1.54) is 0 Å². The predicted octanol–water partition coefficient (Wildman–Crippen LogP) is 3.30. The number of hydrogen-bond donors (Lipinski definition) is 2. The molecule has 0 aliphatic carbocycles. The smallest absolute Gasteiger partial charge is 0.330 e. The zero-order valence-corrected chi connectivity index (χ0v) is 10.5. The minimum atomic E-state index is -0.861. The van der Waals surface area contributed by atoms with E-state index in [1.807, 2.05) is 44.2 Å². The van der Waals surface area contributed by atoms with Crippen molar-refractivity contribution in [3.8, 4) is 0 Å². The third kappa shape index (κ3) is 4.72. The summed E-state index contributed by atoms with van der Waals surface area (Å²) in [6.45, 7) is 5.71. The van der Waals surface area contributed by atoms with Gasteiger partial charge in [-0.2, -0.15) is 0 Å². The molecule has 17 heavy (non-hydrogen) atoms. The highest BCUT2D eigenvalue weighted by Gasteiger charge is 2.16. The second-order valence-corrected chi connectivity index (χ2v) is 4.77. The van der Waals surface area contributed by atoms with Crippen LogP contribution in [0.15, 0.2) is 42.0 Å². The normalized spacial score (nSPS) is 12.3. The molecule has 1 aromatic rings. The van der Waals surface area contributed by atoms with E-state index in [1.54, 1.807) is 13.0 Å². The van der Waals surface area contributed by atoms with Crippen molar-refractivity contribution < 1.29 is 9.90 Å². The van der Waals surface area contributed by atoms with Crippen LogP contribution < -0.4 is 5.32 Å². The fraction of sp³-hybridized carbons (Fsp3) is 0.357. The lowest BCUT2D eigenvalue weighted by molar-refractivity contribution is -0.132. The van der Waals surface area contributed by atoms with Gasteiger partial charge >= 0.3 is 5.97 Å². The van der Waals surface area contributed by atoms with Gasteiger partial charge in [0.25, 0.3) is 0 Å². The highest BCUT2D eigenvalue weighted by atomic mass is 16.4. The summed E-state index contributed by atoms with van der Waals surface area (Å²) in [5.74, 6) is -0.861. The van der Waals surface area contributed by atoms with Crippen molar-refractivity contribution in [2.45, 2.75) is 32.7 Å². The molecule has 0 aliphatic rings. The van der Waals surface area contributed by atoms with Crippen LogP contribution in [-0.4, -0.2) is 16.6 Å². The van der Waals surface area contributed by atoms with E-state index in [4.69, 9.17) is 5.11 Å². The van der Waals surface area contributed by atoms with Gasteiger partial charge in [0.05, 0.1) is 0 Å². The molecule has 0 atom stereocenters. The number of para-hydroxylation sites is 1. The first kappa shape index (κ1) is 13.3. The van der Waals surface area contributed by atoms with Crippen LogP contribution in [0.3, 0.4) is 0 Å². The minimum Gasteiger partial charge on any atom is -0.478 e. The van der Waals surface area contributed by atoms with Crippen molar-refractivity contribution in [1.29, 1.82) is 0 Å². The number of nitrogens with one attached hydrogen (secondary N) is 1. The van der Waals surface area contributed by atoms with Gasteiger partial charge in [0, 0.05) is 16.8 Å². The molecule has 2 N–H and O–H groups in total. The monoisotopic (exact) mass is 233 g/mol. The van der Waals surface area contributed by atoms with E-state index in [0.29, 0.717) is 12.0 Å². The Bertz CT molecular complexity index is 407. The fourth-order valence-electron chi connectivity index (χ4n) is 1.46. The van der Waals surface area contributed by atoms with E-state index in [-0.39, 0.29) is 5.54 Å². The van der Waals surface area contributed by atoms with Gasteiger partial charge in [-0.05, 0) is 39.3 Å². The van der Waals surface area contributed by atoms with Crippen molar-refractivity contribution in [3.63, 3.8) is 0 Å². The van der Waals surface area contributed by atoms with E-state index in [9.17, 15) is 4.79 Å². The van der Waals surface area contributed by atoms with E-state index in [2.05, 4.69) is 5.32 Å². The van der Waals surface area contributed by atoms with Gasteiger partial charge in [-0.1, -0.05) is 24.3 Å². The molecule has 0 saturated heterocycles. The molecule has 0 aromatic heterocycles. The first-order valence-corrected chi connectivity index (χ1v) is 5.64. The van der Waals surface area contributed by atoms with Crippen molar-refractivity contribution in [3.05, 3.63) is 42.0 Å². The number of hydrogen-bond acceptors (Lipinski definition) is 2. The van der Waals surface area contributed by atoms with Crippen molar-refractivity contribution >= 4 is 11.7 Å². The van der Waals surface area contributed by atoms with E-state index < -0.39 is 5.97 Å². The molecular formula is C14H19NO2. The maximum Gasteiger partial charge on any atom is 0.330 e. The average Bonchev–Trinajstić information content (AvgIpc) is 2.26. The number of benzene rings is 1. The first-order chi connectivity index (χ1) is 7.91. The number of aliphatic carboxylic acids is 1. The van der Waals surface area contributed by atoms with Crippen LogP contribution in [0.2, 0.25) is 0 Å². The summed E-state index contributed by atoms with van der Waals surface area (Å²) in [4.78, 5) is 10.7.